The molecular formula is C14H17N5O3S. The van der Waals surface area contributed by atoms with E-state index < -0.39 is 11.9 Å². The van der Waals surface area contributed by atoms with Crippen LogP contribution in [0.4, 0.5) is 4.79 Å². The molecule has 0 aliphatic rings. The fourth-order valence-electron chi connectivity index (χ4n) is 1.94. The summed E-state index contributed by atoms with van der Waals surface area (Å²) in [5.41, 5.74) is 5.80. The van der Waals surface area contributed by atoms with Crippen molar-refractivity contribution in [1.82, 2.24) is 20.1 Å². The standard InChI is InChI=1S/C14H17N5O3S/c1-3-19-12(9-4-6-10(22-2)7-5-9)17-18-14(19)23-8-11(20)16-13(15)21/h4-7H,3,8H2,1-2H3,(H3,15,16,20,21). The number of methoxy groups -OCH3 is 1. The topological polar surface area (TPSA) is 112 Å². The fourth-order valence-corrected chi connectivity index (χ4v) is 2.74. The first kappa shape index (κ1) is 16.8. The van der Waals surface area contributed by atoms with Crippen LogP contribution in [0.2, 0.25) is 0 Å². The number of urea groups is 1. The van der Waals surface area contributed by atoms with Crippen molar-refractivity contribution in [3.05, 3.63) is 24.3 Å². The van der Waals surface area contributed by atoms with Gasteiger partial charge in [0, 0.05) is 12.1 Å². The Morgan fingerprint density at radius 1 is 1.30 bits per heavy atom. The molecule has 0 aliphatic carbocycles. The SMILES string of the molecule is CCn1c(SCC(=O)NC(N)=O)nnc1-c1ccc(OC)cc1. The second-order valence-electron chi connectivity index (χ2n) is 4.48. The average molecular weight is 335 g/mol. The zero-order valence-electron chi connectivity index (χ0n) is 12.8. The highest BCUT2D eigenvalue weighted by Gasteiger charge is 2.15. The van der Waals surface area contributed by atoms with Crippen LogP contribution in [0.5, 0.6) is 5.75 Å². The minimum atomic E-state index is -0.869. The molecule has 0 radical (unpaired) electrons. The second-order valence-corrected chi connectivity index (χ2v) is 5.42. The molecule has 1 aromatic heterocycles. The monoisotopic (exact) mass is 335 g/mol. The van der Waals surface area contributed by atoms with Crippen LogP contribution in [0.15, 0.2) is 29.4 Å². The molecule has 0 atom stereocenters. The predicted molar refractivity (Wildman–Crippen MR) is 86.1 cm³/mol. The number of primary amides is 1. The maximum absolute atomic E-state index is 11.5. The number of imide groups is 1. The maximum Gasteiger partial charge on any atom is 0.318 e. The first-order valence-electron chi connectivity index (χ1n) is 6.84. The van der Waals surface area contributed by atoms with Gasteiger partial charge in [-0.1, -0.05) is 11.8 Å². The third-order valence-electron chi connectivity index (χ3n) is 2.98. The molecule has 23 heavy (non-hydrogen) atoms. The molecular weight excluding hydrogens is 318 g/mol. The molecule has 122 valence electrons. The number of nitrogens with zero attached hydrogens (tertiary/aromatic N) is 3. The summed E-state index contributed by atoms with van der Waals surface area (Å²) in [5.74, 6) is 1.02. The number of thioether (sulfide) groups is 1. The zero-order valence-corrected chi connectivity index (χ0v) is 13.6. The minimum absolute atomic E-state index is 0.0314. The summed E-state index contributed by atoms with van der Waals surface area (Å²) in [7, 11) is 1.61. The summed E-state index contributed by atoms with van der Waals surface area (Å²) in [4.78, 5) is 22.1. The molecule has 2 aromatic rings. The highest BCUT2D eigenvalue weighted by Crippen LogP contribution is 2.25. The van der Waals surface area contributed by atoms with Gasteiger partial charge >= 0.3 is 6.03 Å². The van der Waals surface area contributed by atoms with Crippen LogP contribution in [-0.2, 0) is 11.3 Å². The van der Waals surface area contributed by atoms with Gasteiger partial charge in [0.15, 0.2) is 11.0 Å². The van der Waals surface area contributed by atoms with Gasteiger partial charge in [-0.05, 0) is 31.2 Å². The van der Waals surface area contributed by atoms with Gasteiger partial charge in [0.2, 0.25) is 5.91 Å². The highest BCUT2D eigenvalue weighted by molar-refractivity contribution is 7.99. The Hall–Kier alpha value is -2.55. The molecule has 0 spiro atoms. The van der Waals surface area contributed by atoms with E-state index in [1.807, 2.05) is 41.1 Å². The quantitative estimate of drug-likeness (QED) is 0.769. The Bertz CT molecular complexity index is 699. The van der Waals surface area contributed by atoms with Crippen molar-refractivity contribution in [2.75, 3.05) is 12.9 Å². The Labute approximate surface area is 137 Å². The average Bonchev–Trinajstić information content (AvgIpc) is 2.95. The summed E-state index contributed by atoms with van der Waals surface area (Å²) in [6.45, 7) is 2.61. The van der Waals surface area contributed by atoms with E-state index in [1.165, 1.54) is 11.8 Å². The van der Waals surface area contributed by atoms with Gasteiger partial charge < -0.3 is 15.0 Å². The van der Waals surface area contributed by atoms with Gasteiger partial charge in [-0.15, -0.1) is 10.2 Å². The molecule has 1 aromatic carbocycles. The first-order chi connectivity index (χ1) is 11.0. The number of carbonyl (C=O) groups excluding carboxylic acids is 2. The normalized spacial score (nSPS) is 10.3. The van der Waals surface area contributed by atoms with Crippen molar-refractivity contribution < 1.29 is 14.3 Å². The number of hydrogen-bond donors (Lipinski definition) is 2. The highest BCUT2D eigenvalue weighted by atomic mass is 32.2. The van der Waals surface area contributed by atoms with E-state index in [2.05, 4.69) is 10.2 Å². The Balaban J connectivity index is 2.15. The molecule has 0 saturated carbocycles. The zero-order chi connectivity index (χ0) is 16.8. The third kappa shape index (κ3) is 4.22. The van der Waals surface area contributed by atoms with Crippen LogP contribution in [0.1, 0.15) is 6.92 Å². The molecule has 0 fully saturated rings. The Morgan fingerprint density at radius 3 is 2.57 bits per heavy atom. The van der Waals surface area contributed by atoms with E-state index in [0.717, 1.165) is 11.3 Å². The van der Waals surface area contributed by atoms with Gasteiger partial charge in [0.05, 0.1) is 12.9 Å². The van der Waals surface area contributed by atoms with Gasteiger partial charge in [-0.25, -0.2) is 4.79 Å². The van der Waals surface area contributed by atoms with Gasteiger partial charge in [0.1, 0.15) is 5.75 Å². The van der Waals surface area contributed by atoms with Crippen molar-refractivity contribution in [1.29, 1.82) is 0 Å². The number of hydrogen-bond acceptors (Lipinski definition) is 6. The number of nitrogens with one attached hydrogen (secondary N) is 1. The molecule has 2 rings (SSSR count). The smallest absolute Gasteiger partial charge is 0.318 e. The molecule has 3 amide bonds. The van der Waals surface area contributed by atoms with E-state index in [1.54, 1.807) is 7.11 Å². The van der Waals surface area contributed by atoms with Crippen LogP contribution >= 0.6 is 11.8 Å². The Morgan fingerprint density at radius 2 is 2.00 bits per heavy atom. The van der Waals surface area contributed by atoms with Crippen LogP contribution in [-0.4, -0.2) is 39.6 Å². The van der Waals surface area contributed by atoms with Crippen molar-refractivity contribution in [3.8, 4) is 17.1 Å². The van der Waals surface area contributed by atoms with E-state index in [0.29, 0.717) is 17.5 Å². The number of nitrogens with two attached hydrogens (primary N) is 1. The summed E-state index contributed by atoms with van der Waals surface area (Å²) < 4.78 is 7.03. The number of ether oxygens (including phenoxy) is 1. The summed E-state index contributed by atoms with van der Waals surface area (Å²) in [6.07, 6.45) is 0. The molecule has 0 saturated heterocycles. The largest absolute Gasteiger partial charge is 0.497 e. The lowest BCUT2D eigenvalue weighted by atomic mass is 10.2. The van der Waals surface area contributed by atoms with Crippen molar-refractivity contribution in [2.45, 2.75) is 18.6 Å². The minimum Gasteiger partial charge on any atom is -0.497 e. The number of carbonyl (C=O) groups is 2. The third-order valence-corrected chi connectivity index (χ3v) is 3.94. The molecule has 1 heterocycles. The molecule has 0 unspecified atom stereocenters. The molecule has 3 N–H and O–H groups in total. The van der Waals surface area contributed by atoms with Crippen LogP contribution in [0.25, 0.3) is 11.4 Å². The molecule has 9 heteroatoms. The fraction of sp³-hybridized carbons (Fsp3) is 0.286. The van der Waals surface area contributed by atoms with Crippen molar-refractivity contribution in [3.63, 3.8) is 0 Å². The van der Waals surface area contributed by atoms with Crippen LogP contribution < -0.4 is 15.8 Å². The van der Waals surface area contributed by atoms with Crippen molar-refractivity contribution in [2.24, 2.45) is 5.73 Å². The van der Waals surface area contributed by atoms with Crippen molar-refractivity contribution >= 4 is 23.7 Å². The van der Waals surface area contributed by atoms with Gasteiger partial charge in [-0.2, -0.15) is 0 Å². The van der Waals surface area contributed by atoms with Crippen LogP contribution in [0.3, 0.4) is 0 Å². The lowest BCUT2D eigenvalue weighted by Crippen LogP contribution is -2.36. The molecule has 0 bridgehead atoms. The molecule has 8 nitrogen and oxygen atoms in total. The lowest BCUT2D eigenvalue weighted by molar-refractivity contribution is -0.117. The number of rotatable bonds is 6. The van der Waals surface area contributed by atoms with Crippen LogP contribution in [0, 0.1) is 0 Å². The predicted octanol–water partition coefficient (Wildman–Crippen LogP) is 1.26. The number of aromatic nitrogens is 3. The maximum atomic E-state index is 11.5. The van der Waals surface area contributed by atoms with E-state index in [4.69, 9.17) is 10.5 Å². The van der Waals surface area contributed by atoms with Gasteiger partial charge in [-0.3, -0.25) is 10.1 Å². The summed E-state index contributed by atoms with van der Waals surface area (Å²) >= 11 is 1.19. The number of benzene rings is 1. The summed E-state index contributed by atoms with van der Waals surface area (Å²) in [5, 5.41) is 10.9. The number of amides is 3. The summed E-state index contributed by atoms with van der Waals surface area (Å²) in [6, 6.07) is 6.60. The van der Waals surface area contributed by atoms with E-state index in [9.17, 15) is 9.59 Å². The lowest BCUT2D eigenvalue weighted by Gasteiger charge is -2.07. The van der Waals surface area contributed by atoms with E-state index >= 15 is 0 Å². The molecule has 0 aliphatic heterocycles. The van der Waals surface area contributed by atoms with E-state index in [-0.39, 0.29) is 5.75 Å². The Kier molecular flexibility index (Phi) is 5.58. The van der Waals surface area contributed by atoms with Gasteiger partial charge in [0.25, 0.3) is 0 Å². The second kappa shape index (κ2) is 7.63. The first-order valence-corrected chi connectivity index (χ1v) is 7.83.